The summed E-state index contributed by atoms with van der Waals surface area (Å²) in [7, 11) is 0. The van der Waals surface area contributed by atoms with Crippen molar-refractivity contribution < 1.29 is 44.7 Å². The van der Waals surface area contributed by atoms with Gasteiger partial charge in [0.05, 0.1) is 0 Å². The Morgan fingerprint density at radius 2 is 1.60 bits per heavy atom. The van der Waals surface area contributed by atoms with Crippen LogP contribution in [0.25, 0.3) is 0 Å². The maximum Gasteiger partial charge on any atom is 0.381 e. The highest BCUT2D eigenvalue weighted by Gasteiger charge is 2.75. The van der Waals surface area contributed by atoms with Gasteiger partial charge in [0.1, 0.15) is 0 Å². The van der Waals surface area contributed by atoms with Gasteiger partial charge < -0.3 is 4.74 Å². The minimum absolute atomic E-state index is 0.246. The molecule has 0 aliphatic heterocycles. The molecule has 0 aromatic heterocycles. The molecule has 2 nitrogen and oxygen atoms in total. The number of esters is 1. The zero-order valence-electron chi connectivity index (χ0n) is 10.2. The Morgan fingerprint density at radius 1 is 1.15 bits per heavy atom. The second-order valence-corrected chi connectivity index (χ2v) is 3.75. The van der Waals surface area contributed by atoms with Gasteiger partial charge in [-0.15, -0.1) is 0 Å². The summed E-state index contributed by atoms with van der Waals surface area (Å²) in [6, 6.07) is 0. The molecule has 0 saturated carbocycles. The SMILES string of the molecule is CC=C(C)C(=O)OCC(F)(F)C(F)(F)C(F)(F)C(F)F. The number of ether oxygens (including phenoxy) is 1. The third-order valence-corrected chi connectivity index (χ3v) is 2.29. The van der Waals surface area contributed by atoms with E-state index >= 15 is 0 Å². The highest BCUT2D eigenvalue weighted by Crippen LogP contribution is 2.48. The van der Waals surface area contributed by atoms with Gasteiger partial charge >= 0.3 is 30.2 Å². The largest absolute Gasteiger partial charge is 0.456 e. The fourth-order valence-electron chi connectivity index (χ4n) is 0.859. The standard InChI is InChI=1S/C10H10F8O2/c1-3-5(2)6(19)20-4-8(13,14)10(17,18)9(15,16)7(11)12/h3,7H,4H2,1-2H3. The van der Waals surface area contributed by atoms with Gasteiger partial charge in [-0.1, -0.05) is 6.08 Å². The van der Waals surface area contributed by atoms with Crippen molar-refractivity contribution in [3.05, 3.63) is 11.6 Å². The molecule has 118 valence electrons. The Hall–Kier alpha value is -1.35. The van der Waals surface area contributed by atoms with Crippen LogP contribution in [0.3, 0.4) is 0 Å². The maximum atomic E-state index is 12.9. The molecule has 10 heteroatoms. The van der Waals surface area contributed by atoms with E-state index < -0.39 is 36.8 Å². The molecule has 0 saturated heterocycles. The monoisotopic (exact) mass is 314 g/mol. The van der Waals surface area contributed by atoms with Crippen molar-refractivity contribution in [2.45, 2.75) is 38.0 Å². The van der Waals surface area contributed by atoms with Crippen LogP contribution in [0.1, 0.15) is 13.8 Å². The molecule has 0 amide bonds. The van der Waals surface area contributed by atoms with Gasteiger partial charge in [0, 0.05) is 5.57 Å². The molecule has 0 unspecified atom stereocenters. The minimum atomic E-state index is -6.38. The van der Waals surface area contributed by atoms with E-state index in [1.807, 2.05) is 0 Å². The van der Waals surface area contributed by atoms with E-state index in [2.05, 4.69) is 4.74 Å². The molecule has 0 fully saturated rings. The first kappa shape index (κ1) is 18.7. The number of hydrogen-bond acceptors (Lipinski definition) is 2. The van der Waals surface area contributed by atoms with Crippen LogP contribution in [-0.2, 0) is 9.53 Å². The van der Waals surface area contributed by atoms with Gasteiger partial charge in [-0.05, 0) is 13.8 Å². The van der Waals surface area contributed by atoms with Crippen molar-refractivity contribution in [2.24, 2.45) is 0 Å². The molecule has 0 aromatic carbocycles. The summed E-state index contributed by atoms with van der Waals surface area (Å²) in [6.45, 7) is -0.0625. The molecular formula is C10H10F8O2. The van der Waals surface area contributed by atoms with Crippen molar-refractivity contribution in [3.63, 3.8) is 0 Å². The number of rotatable bonds is 6. The van der Waals surface area contributed by atoms with Crippen molar-refractivity contribution in [2.75, 3.05) is 6.61 Å². The summed E-state index contributed by atoms with van der Waals surface area (Å²) < 4.78 is 103. The highest BCUT2D eigenvalue weighted by molar-refractivity contribution is 5.87. The fraction of sp³-hybridized carbons (Fsp3) is 0.700. The lowest BCUT2D eigenvalue weighted by Gasteiger charge is -2.31. The zero-order valence-corrected chi connectivity index (χ0v) is 10.2. The van der Waals surface area contributed by atoms with Crippen LogP contribution >= 0.6 is 0 Å². The first-order chi connectivity index (χ1) is 8.81. The van der Waals surface area contributed by atoms with Crippen LogP contribution in [-0.4, -0.2) is 36.8 Å². The van der Waals surface area contributed by atoms with Crippen molar-refractivity contribution >= 4 is 5.97 Å². The molecule has 0 N–H and O–H groups in total. The molecule has 0 aliphatic carbocycles. The second kappa shape index (κ2) is 5.96. The Bertz CT molecular complexity index is 389. The van der Waals surface area contributed by atoms with E-state index in [0.717, 1.165) is 13.0 Å². The van der Waals surface area contributed by atoms with Crippen LogP contribution < -0.4 is 0 Å². The van der Waals surface area contributed by atoms with Gasteiger partial charge in [-0.2, -0.15) is 26.3 Å². The molecular weight excluding hydrogens is 304 g/mol. The maximum absolute atomic E-state index is 12.9. The Kier molecular flexibility index (Phi) is 5.56. The van der Waals surface area contributed by atoms with E-state index in [-0.39, 0.29) is 5.57 Å². The summed E-state index contributed by atoms with van der Waals surface area (Å²) in [6.07, 6.45) is -3.91. The van der Waals surface area contributed by atoms with E-state index in [0.29, 0.717) is 0 Å². The number of carbonyl (C=O) groups excluding carboxylic acids is 1. The Balaban J connectivity index is 5.09. The first-order valence-corrected chi connectivity index (χ1v) is 5.03. The van der Waals surface area contributed by atoms with E-state index in [1.54, 1.807) is 0 Å². The van der Waals surface area contributed by atoms with Gasteiger partial charge in [-0.3, -0.25) is 0 Å². The summed E-state index contributed by atoms with van der Waals surface area (Å²) in [5, 5.41) is 0. The molecule has 0 rings (SSSR count). The molecule has 0 spiro atoms. The molecule has 0 aromatic rings. The van der Waals surface area contributed by atoms with Gasteiger partial charge in [-0.25, -0.2) is 13.6 Å². The number of alkyl halides is 8. The lowest BCUT2D eigenvalue weighted by molar-refractivity contribution is -0.344. The Labute approximate surface area is 108 Å². The Morgan fingerprint density at radius 3 is 1.95 bits per heavy atom. The molecule has 0 aliphatic rings. The predicted molar refractivity (Wildman–Crippen MR) is 51.2 cm³/mol. The normalized spacial score (nSPS) is 14.7. The minimum Gasteiger partial charge on any atom is -0.456 e. The number of allylic oxidation sites excluding steroid dienone is 1. The van der Waals surface area contributed by atoms with Gasteiger partial charge in [0.2, 0.25) is 0 Å². The summed E-state index contributed by atoms with van der Waals surface area (Å²) >= 11 is 0. The molecule has 0 bridgehead atoms. The van der Waals surface area contributed by atoms with Gasteiger partial charge in [0.15, 0.2) is 6.61 Å². The quantitative estimate of drug-likeness (QED) is 0.425. The smallest absolute Gasteiger partial charge is 0.381 e. The van der Waals surface area contributed by atoms with Gasteiger partial charge in [0.25, 0.3) is 0 Å². The topological polar surface area (TPSA) is 26.3 Å². The number of halogens is 8. The van der Waals surface area contributed by atoms with E-state index in [4.69, 9.17) is 0 Å². The van der Waals surface area contributed by atoms with E-state index in [1.165, 1.54) is 6.92 Å². The average Bonchev–Trinajstić information content (AvgIpc) is 2.34. The summed E-state index contributed by atoms with van der Waals surface area (Å²) in [5.74, 6) is -19.8. The molecule has 20 heavy (non-hydrogen) atoms. The molecule has 0 heterocycles. The highest BCUT2D eigenvalue weighted by atomic mass is 19.4. The lowest BCUT2D eigenvalue weighted by Crippen LogP contribution is -2.59. The van der Waals surface area contributed by atoms with Crippen LogP contribution in [0.15, 0.2) is 11.6 Å². The van der Waals surface area contributed by atoms with Crippen molar-refractivity contribution in [1.29, 1.82) is 0 Å². The summed E-state index contributed by atoms with van der Waals surface area (Å²) in [5.41, 5.74) is -0.246. The third-order valence-electron chi connectivity index (χ3n) is 2.29. The van der Waals surface area contributed by atoms with Crippen LogP contribution in [0.2, 0.25) is 0 Å². The van der Waals surface area contributed by atoms with Crippen LogP contribution in [0.4, 0.5) is 35.1 Å². The van der Waals surface area contributed by atoms with Crippen molar-refractivity contribution in [3.8, 4) is 0 Å². The van der Waals surface area contributed by atoms with Crippen LogP contribution in [0, 0.1) is 0 Å². The fourth-order valence-corrected chi connectivity index (χ4v) is 0.859. The van der Waals surface area contributed by atoms with Crippen LogP contribution in [0.5, 0.6) is 0 Å². The lowest BCUT2D eigenvalue weighted by atomic mass is 10.1. The first-order valence-electron chi connectivity index (χ1n) is 5.03. The van der Waals surface area contributed by atoms with Crippen molar-refractivity contribution in [1.82, 2.24) is 0 Å². The van der Waals surface area contributed by atoms with E-state index in [9.17, 15) is 39.9 Å². The second-order valence-electron chi connectivity index (χ2n) is 3.75. The number of hydrogen-bond donors (Lipinski definition) is 0. The summed E-state index contributed by atoms with van der Waals surface area (Å²) in [4.78, 5) is 10.9. The predicted octanol–water partition coefficient (Wildman–Crippen LogP) is 3.67. The molecule has 0 radical (unpaired) electrons. The third kappa shape index (κ3) is 3.40. The average molecular weight is 314 g/mol. The zero-order chi connectivity index (χ0) is 16.4. The number of carbonyl (C=O) groups is 1. The molecule has 0 atom stereocenters.